The molecule has 5 nitrogen and oxygen atoms in total. The van der Waals surface area contributed by atoms with Crippen molar-refractivity contribution in [1.82, 2.24) is 5.32 Å². The molecule has 0 radical (unpaired) electrons. The van der Waals surface area contributed by atoms with Gasteiger partial charge < -0.3 is 16.4 Å². The van der Waals surface area contributed by atoms with Gasteiger partial charge in [-0.25, -0.2) is 0 Å². The van der Waals surface area contributed by atoms with Crippen molar-refractivity contribution < 1.29 is 9.59 Å². The van der Waals surface area contributed by atoms with Crippen molar-refractivity contribution in [2.24, 2.45) is 23.5 Å². The number of anilines is 1. The van der Waals surface area contributed by atoms with Gasteiger partial charge in [-0.2, -0.15) is 0 Å². The van der Waals surface area contributed by atoms with Crippen LogP contribution in [-0.4, -0.2) is 23.9 Å². The Bertz CT molecular complexity index is 689. The Hall–Kier alpha value is -1.59. The summed E-state index contributed by atoms with van der Waals surface area (Å²) in [5.74, 6) is 1.13. The van der Waals surface area contributed by atoms with E-state index in [4.69, 9.17) is 5.73 Å². The second-order valence-corrected chi connectivity index (χ2v) is 9.07. The molecule has 160 valence electrons. The first-order valence-electron chi connectivity index (χ1n) is 11.1. The fourth-order valence-electron chi connectivity index (χ4n) is 5.47. The summed E-state index contributed by atoms with van der Waals surface area (Å²) in [4.78, 5) is 25.2. The normalized spacial score (nSPS) is 29.4. The third kappa shape index (κ3) is 5.32. The summed E-state index contributed by atoms with van der Waals surface area (Å²) in [6, 6.07) is 7.86. The lowest BCUT2D eigenvalue weighted by molar-refractivity contribution is -0.122. The lowest BCUT2D eigenvalue weighted by Crippen LogP contribution is -2.48. The third-order valence-electron chi connectivity index (χ3n) is 7.14. The van der Waals surface area contributed by atoms with Gasteiger partial charge in [-0.15, -0.1) is 12.4 Å². The van der Waals surface area contributed by atoms with Crippen molar-refractivity contribution in [3.8, 4) is 0 Å². The van der Waals surface area contributed by atoms with E-state index < -0.39 is 0 Å². The zero-order valence-electron chi connectivity index (χ0n) is 17.1. The van der Waals surface area contributed by atoms with E-state index in [-0.39, 0.29) is 36.2 Å². The van der Waals surface area contributed by atoms with Crippen LogP contribution in [0.1, 0.15) is 74.6 Å². The minimum atomic E-state index is -0.0149. The predicted molar refractivity (Wildman–Crippen MR) is 118 cm³/mol. The molecule has 2 unspecified atom stereocenters. The maximum Gasteiger partial charge on any atom is 0.251 e. The number of nitrogens with one attached hydrogen (secondary N) is 2. The van der Waals surface area contributed by atoms with Gasteiger partial charge in [0.25, 0.3) is 5.91 Å². The number of halogens is 1. The topological polar surface area (TPSA) is 84.2 Å². The van der Waals surface area contributed by atoms with E-state index in [0.29, 0.717) is 23.4 Å². The number of fused-ring (bicyclic) bond motifs is 2. The maximum atomic E-state index is 12.8. The maximum absolute atomic E-state index is 12.8. The minimum absolute atomic E-state index is 0. The molecule has 6 heteroatoms. The van der Waals surface area contributed by atoms with E-state index >= 15 is 0 Å². The molecule has 3 saturated carbocycles. The van der Waals surface area contributed by atoms with E-state index in [9.17, 15) is 9.59 Å². The first-order valence-corrected chi connectivity index (χ1v) is 11.1. The molecule has 2 bridgehead atoms. The van der Waals surface area contributed by atoms with Gasteiger partial charge in [0.1, 0.15) is 0 Å². The summed E-state index contributed by atoms with van der Waals surface area (Å²) < 4.78 is 0. The first kappa shape index (κ1) is 22.1. The fraction of sp³-hybridized carbons (Fsp3) is 0.652. The molecule has 29 heavy (non-hydrogen) atoms. The number of amides is 2. The second-order valence-electron chi connectivity index (χ2n) is 9.07. The molecule has 2 amide bonds. The molecular formula is C23H34ClN3O2. The summed E-state index contributed by atoms with van der Waals surface area (Å²) in [6.45, 7) is 0. The molecule has 4 N–H and O–H groups in total. The molecule has 3 fully saturated rings. The van der Waals surface area contributed by atoms with Crippen LogP contribution in [0.4, 0.5) is 5.69 Å². The Morgan fingerprint density at radius 2 is 1.48 bits per heavy atom. The van der Waals surface area contributed by atoms with Gasteiger partial charge in [0, 0.05) is 29.3 Å². The molecule has 0 spiro atoms. The van der Waals surface area contributed by atoms with E-state index in [1.165, 1.54) is 25.7 Å². The second kappa shape index (κ2) is 9.94. The highest BCUT2D eigenvalue weighted by Gasteiger charge is 2.40. The summed E-state index contributed by atoms with van der Waals surface area (Å²) >= 11 is 0. The van der Waals surface area contributed by atoms with Gasteiger partial charge in [0.15, 0.2) is 0 Å². The standard InChI is InChI=1S/C23H33N3O2.ClH/c24-21-16-5-4-6-17(21)14-18(13-16)23(28)26-20-11-9-15(10-12-20)22(27)25-19-7-2-1-3-8-19;/h9-12,16-19,21H,1-8,13-14,24H2,(H,25,27)(H,26,28);1H. The summed E-state index contributed by atoms with van der Waals surface area (Å²) in [5.41, 5.74) is 7.76. The Kier molecular flexibility index (Phi) is 7.58. The molecule has 0 aromatic heterocycles. The van der Waals surface area contributed by atoms with Gasteiger partial charge in [-0.1, -0.05) is 25.7 Å². The third-order valence-corrected chi connectivity index (χ3v) is 7.14. The first-order chi connectivity index (χ1) is 13.6. The average Bonchev–Trinajstić information content (AvgIpc) is 2.69. The highest BCUT2D eigenvalue weighted by atomic mass is 35.5. The van der Waals surface area contributed by atoms with Crippen molar-refractivity contribution in [1.29, 1.82) is 0 Å². The number of hydrogen-bond acceptors (Lipinski definition) is 3. The van der Waals surface area contributed by atoms with Crippen LogP contribution in [0.5, 0.6) is 0 Å². The van der Waals surface area contributed by atoms with Crippen molar-refractivity contribution in [3.05, 3.63) is 29.8 Å². The van der Waals surface area contributed by atoms with Crippen molar-refractivity contribution in [2.45, 2.75) is 76.3 Å². The Morgan fingerprint density at radius 1 is 0.862 bits per heavy atom. The van der Waals surface area contributed by atoms with E-state index in [1.54, 1.807) is 12.1 Å². The Morgan fingerprint density at radius 3 is 2.10 bits per heavy atom. The molecule has 1 aromatic carbocycles. The molecular weight excluding hydrogens is 386 g/mol. The van der Waals surface area contributed by atoms with E-state index in [1.807, 2.05) is 12.1 Å². The number of benzene rings is 1. The Balaban J connectivity index is 0.00000240. The predicted octanol–water partition coefficient (Wildman–Crippen LogP) is 4.26. The number of hydrogen-bond donors (Lipinski definition) is 3. The van der Waals surface area contributed by atoms with Gasteiger partial charge in [-0.3, -0.25) is 9.59 Å². The monoisotopic (exact) mass is 419 g/mol. The summed E-state index contributed by atoms with van der Waals surface area (Å²) in [5, 5.41) is 6.19. The van der Waals surface area contributed by atoms with Crippen LogP contribution in [0.2, 0.25) is 0 Å². The average molecular weight is 420 g/mol. The van der Waals surface area contributed by atoms with Crippen LogP contribution in [0.25, 0.3) is 0 Å². The molecule has 0 heterocycles. The van der Waals surface area contributed by atoms with Gasteiger partial charge in [-0.05, 0) is 74.6 Å². The number of carbonyl (C=O) groups is 2. The van der Waals surface area contributed by atoms with Crippen LogP contribution in [-0.2, 0) is 4.79 Å². The number of nitrogens with two attached hydrogens (primary N) is 1. The summed E-state index contributed by atoms with van der Waals surface area (Å²) in [6.07, 6.45) is 11.2. The fourth-order valence-corrected chi connectivity index (χ4v) is 5.47. The molecule has 0 saturated heterocycles. The molecule has 2 atom stereocenters. The van der Waals surface area contributed by atoms with Gasteiger partial charge >= 0.3 is 0 Å². The quantitative estimate of drug-likeness (QED) is 0.681. The minimum Gasteiger partial charge on any atom is -0.349 e. The van der Waals surface area contributed by atoms with Gasteiger partial charge in [0.05, 0.1) is 0 Å². The lowest BCUT2D eigenvalue weighted by Gasteiger charge is -2.43. The van der Waals surface area contributed by atoms with Crippen LogP contribution in [0.15, 0.2) is 24.3 Å². The van der Waals surface area contributed by atoms with Crippen LogP contribution in [0, 0.1) is 17.8 Å². The Labute approximate surface area is 180 Å². The largest absolute Gasteiger partial charge is 0.349 e. The number of rotatable bonds is 4. The van der Waals surface area contributed by atoms with E-state index in [0.717, 1.165) is 44.2 Å². The van der Waals surface area contributed by atoms with Crippen LogP contribution < -0.4 is 16.4 Å². The summed E-state index contributed by atoms with van der Waals surface area (Å²) in [7, 11) is 0. The van der Waals surface area contributed by atoms with Crippen molar-refractivity contribution in [3.63, 3.8) is 0 Å². The van der Waals surface area contributed by atoms with Gasteiger partial charge in [0.2, 0.25) is 5.91 Å². The zero-order chi connectivity index (χ0) is 19.5. The van der Waals surface area contributed by atoms with Crippen LogP contribution in [0.3, 0.4) is 0 Å². The lowest BCUT2D eigenvalue weighted by atomic mass is 9.65. The highest BCUT2D eigenvalue weighted by molar-refractivity contribution is 5.96. The molecule has 3 aliphatic carbocycles. The zero-order valence-corrected chi connectivity index (χ0v) is 17.9. The number of carbonyl (C=O) groups excluding carboxylic acids is 2. The smallest absolute Gasteiger partial charge is 0.251 e. The SMILES string of the molecule is Cl.NC1C2CCCC1CC(C(=O)Nc1ccc(C(=O)NC3CCCCC3)cc1)C2. The molecule has 0 aliphatic heterocycles. The molecule has 1 aromatic rings. The van der Waals surface area contributed by atoms with E-state index in [2.05, 4.69) is 10.6 Å². The molecule has 4 rings (SSSR count). The highest BCUT2D eigenvalue weighted by Crippen LogP contribution is 2.42. The molecule has 3 aliphatic rings. The van der Waals surface area contributed by atoms with Crippen molar-refractivity contribution in [2.75, 3.05) is 5.32 Å². The van der Waals surface area contributed by atoms with Crippen LogP contribution >= 0.6 is 12.4 Å². The van der Waals surface area contributed by atoms with Crippen molar-refractivity contribution >= 4 is 29.9 Å².